The fraction of sp³-hybridized carbons (Fsp3) is 0.400. The van der Waals surface area contributed by atoms with Crippen LogP contribution in [0.2, 0.25) is 0 Å². The van der Waals surface area contributed by atoms with Crippen LogP contribution in [0.5, 0.6) is 5.75 Å². The molecule has 0 aliphatic heterocycles. The summed E-state index contributed by atoms with van der Waals surface area (Å²) in [7, 11) is 0. The number of rotatable bonds is 9. The highest BCUT2D eigenvalue weighted by molar-refractivity contribution is 7.12. The number of halogens is 3. The van der Waals surface area contributed by atoms with E-state index in [-0.39, 0.29) is 30.7 Å². The van der Waals surface area contributed by atoms with E-state index in [4.69, 9.17) is 4.74 Å². The molecule has 1 aromatic carbocycles. The zero-order valence-corrected chi connectivity index (χ0v) is 17.2. The molecule has 1 aromatic heterocycles. The molecule has 3 N–H and O–H groups in total. The number of carbonyl (C=O) groups is 2. The van der Waals surface area contributed by atoms with E-state index in [0.717, 1.165) is 12.1 Å². The second kappa shape index (κ2) is 10.4. The van der Waals surface area contributed by atoms with Crippen LogP contribution in [0.25, 0.3) is 0 Å². The van der Waals surface area contributed by atoms with Crippen LogP contribution in [-0.2, 0) is 11.0 Å². The fourth-order valence-corrected chi connectivity index (χ4v) is 3.12. The number of hydrogen-bond donors (Lipinski definition) is 3. The molecule has 30 heavy (non-hydrogen) atoms. The Balaban J connectivity index is 1.84. The lowest BCUT2D eigenvalue weighted by atomic mass is 10.0. The molecule has 2 aromatic rings. The van der Waals surface area contributed by atoms with Crippen molar-refractivity contribution >= 4 is 23.2 Å². The standard InChI is InChI=1S/C20H23F3N2O4S/c1-12(2)17(25-18(27)16-7-4-8-30-16)19(28)24-10-14(26)11-29-15-6-3-5-13(9-15)20(21,22)23/h3-9,12,14,17,26H,10-11H2,1-2H3,(H,24,28)(H,25,27). The van der Waals surface area contributed by atoms with Crippen LogP contribution in [0.1, 0.15) is 29.1 Å². The highest BCUT2D eigenvalue weighted by Crippen LogP contribution is 2.31. The van der Waals surface area contributed by atoms with Gasteiger partial charge in [-0.2, -0.15) is 13.2 Å². The van der Waals surface area contributed by atoms with Crippen LogP contribution in [-0.4, -0.2) is 42.2 Å². The monoisotopic (exact) mass is 444 g/mol. The Morgan fingerprint density at radius 2 is 1.93 bits per heavy atom. The fourth-order valence-electron chi connectivity index (χ4n) is 2.50. The first-order valence-corrected chi connectivity index (χ1v) is 10.1. The van der Waals surface area contributed by atoms with Crippen molar-refractivity contribution in [2.75, 3.05) is 13.2 Å². The van der Waals surface area contributed by atoms with E-state index in [1.165, 1.54) is 23.5 Å². The first-order valence-electron chi connectivity index (χ1n) is 9.18. The predicted molar refractivity (Wildman–Crippen MR) is 106 cm³/mol. The van der Waals surface area contributed by atoms with Gasteiger partial charge in [-0.25, -0.2) is 0 Å². The van der Waals surface area contributed by atoms with Gasteiger partial charge in [-0.05, 0) is 35.6 Å². The van der Waals surface area contributed by atoms with E-state index in [2.05, 4.69) is 10.6 Å². The Kier molecular flexibility index (Phi) is 8.24. The average molecular weight is 444 g/mol. The summed E-state index contributed by atoms with van der Waals surface area (Å²) in [4.78, 5) is 25.1. The maximum Gasteiger partial charge on any atom is 0.416 e. The SMILES string of the molecule is CC(C)C(NC(=O)c1cccs1)C(=O)NCC(O)COc1cccc(C(F)(F)F)c1. The molecule has 2 amide bonds. The predicted octanol–water partition coefficient (Wildman–Crippen LogP) is 3.08. The van der Waals surface area contributed by atoms with Crippen molar-refractivity contribution in [1.29, 1.82) is 0 Å². The van der Waals surface area contributed by atoms with Gasteiger partial charge in [0.15, 0.2) is 0 Å². The molecule has 0 aliphatic carbocycles. The summed E-state index contributed by atoms with van der Waals surface area (Å²) in [5.41, 5.74) is -0.857. The third-order valence-corrected chi connectivity index (χ3v) is 4.96. The number of carbonyl (C=O) groups excluding carboxylic acids is 2. The van der Waals surface area contributed by atoms with Crippen LogP contribution >= 0.6 is 11.3 Å². The number of thiophene rings is 1. The van der Waals surface area contributed by atoms with Crippen LogP contribution in [0.15, 0.2) is 41.8 Å². The molecule has 0 radical (unpaired) electrons. The number of amides is 2. The highest BCUT2D eigenvalue weighted by atomic mass is 32.1. The topological polar surface area (TPSA) is 87.7 Å². The summed E-state index contributed by atoms with van der Waals surface area (Å²) in [6, 6.07) is 6.86. The minimum atomic E-state index is -4.49. The lowest BCUT2D eigenvalue weighted by molar-refractivity contribution is -0.137. The molecule has 2 unspecified atom stereocenters. The summed E-state index contributed by atoms with van der Waals surface area (Å²) in [6.07, 6.45) is -5.64. The molecule has 0 fully saturated rings. The van der Waals surface area contributed by atoms with Gasteiger partial charge in [0.1, 0.15) is 24.5 Å². The van der Waals surface area contributed by atoms with Gasteiger partial charge in [0.05, 0.1) is 10.4 Å². The third-order valence-electron chi connectivity index (χ3n) is 4.10. The van der Waals surface area contributed by atoms with Crippen LogP contribution < -0.4 is 15.4 Å². The van der Waals surface area contributed by atoms with Gasteiger partial charge in [-0.15, -0.1) is 11.3 Å². The molecule has 0 bridgehead atoms. The molecular weight excluding hydrogens is 421 g/mol. The molecule has 0 saturated heterocycles. The second-order valence-corrected chi connectivity index (χ2v) is 7.86. The van der Waals surface area contributed by atoms with Crippen molar-refractivity contribution in [3.63, 3.8) is 0 Å². The summed E-state index contributed by atoms with van der Waals surface area (Å²) < 4.78 is 43.3. The van der Waals surface area contributed by atoms with E-state index in [9.17, 15) is 27.9 Å². The van der Waals surface area contributed by atoms with Crippen molar-refractivity contribution in [3.8, 4) is 5.75 Å². The van der Waals surface area contributed by atoms with Gasteiger partial charge >= 0.3 is 6.18 Å². The maximum absolute atomic E-state index is 12.7. The normalized spacial score (nSPS) is 13.6. The Labute approximate surface area is 176 Å². The number of nitrogens with one attached hydrogen (secondary N) is 2. The Morgan fingerprint density at radius 3 is 2.53 bits per heavy atom. The zero-order chi connectivity index (χ0) is 22.3. The van der Waals surface area contributed by atoms with Crippen molar-refractivity contribution in [3.05, 3.63) is 52.2 Å². The molecule has 2 rings (SSSR count). The summed E-state index contributed by atoms with van der Waals surface area (Å²) >= 11 is 1.25. The van der Waals surface area contributed by atoms with Crippen LogP contribution in [0, 0.1) is 5.92 Å². The van der Waals surface area contributed by atoms with Gasteiger partial charge in [0, 0.05) is 6.54 Å². The van der Waals surface area contributed by atoms with E-state index >= 15 is 0 Å². The minimum absolute atomic E-state index is 0.0431. The van der Waals surface area contributed by atoms with Gasteiger partial charge in [0.25, 0.3) is 5.91 Å². The molecule has 2 atom stereocenters. The number of aliphatic hydroxyl groups excluding tert-OH is 1. The third kappa shape index (κ3) is 7.03. The molecule has 164 valence electrons. The van der Waals surface area contributed by atoms with Crippen molar-refractivity contribution < 1.29 is 32.6 Å². The molecular formula is C20H23F3N2O4S. The first-order chi connectivity index (χ1) is 14.1. The van der Waals surface area contributed by atoms with Gasteiger partial charge in [-0.1, -0.05) is 26.0 Å². The summed E-state index contributed by atoms with van der Waals surface area (Å²) in [5, 5.41) is 16.9. The van der Waals surface area contributed by atoms with Gasteiger partial charge < -0.3 is 20.5 Å². The smallest absolute Gasteiger partial charge is 0.416 e. The zero-order valence-electron chi connectivity index (χ0n) is 16.4. The Morgan fingerprint density at radius 1 is 1.20 bits per heavy atom. The summed E-state index contributed by atoms with van der Waals surface area (Å²) in [5.74, 6) is -1.09. The van der Waals surface area contributed by atoms with Crippen molar-refractivity contribution in [1.82, 2.24) is 10.6 Å². The summed E-state index contributed by atoms with van der Waals surface area (Å²) in [6.45, 7) is 3.05. The number of alkyl halides is 3. The van der Waals surface area contributed by atoms with Gasteiger partial charge in [0.2, 0.25) is 5.91 Å². The second-order valence-electron chi connectivity index (χ2n) is 6.91. The largest absolute Gasteiger partial charge is 0.491 e. The van der Waals surface area contributed by atoms with E-state index in [1.54, 1.807) is 31.4 Å². The van der Waals surface area contributed by atoms with Crippen LogP contribution in [0.3, 0.4) is 0 Å². The highest BCUT2D eigenvalue weighted by Gasteiger charge is 2.30. The number of benzene rings is 1. The number of ether oxygens (including phenoxy) is 1. The minimum Gasteiger partial charge on any atom is -0.491 e. The van der Waals surface area contributed by atoms with Gasteiger partial charge in [-0.3, -0.25) is 9.59 Å². The molecule has 0 aliphatic rings. The van der Waals surface area contributed by atoms with Crippen molar-refractivity contribution in [2.45, 2.75) is 32.2 Å². The molecule has 10 heteroatoms. The van der Waals surface area contributed by atoms with E-state index in [1.807, 2.05) is 0 Å². The van der Waals surface area contributed by atoms with Crippen molar-refractivity contribution in [2.24, 2.45) is 5.92 Å². The van der Waals surface area contributed by atoms with E-state index < -0.39 is 29.8 Å². The molecule has 0 saturated carbocycles. The maximum atomic E-state index is 12.7. The molecule has 6 nitrogen and oxygen atoms in total. The molecule has 1 heterocycles. The number of hydrogen-bond acceptors (Lipinski definition) is 5. The number of aliphatic hydroxyl groups is 1. The Hall–Kier alpha value is -2.59. The lowest BCUT2D eigenvalue weighted by Gasteiger charge is -2.22. The van der Waals surface area contributed by atoms with Crippen LogP contribution in [0.4, 0.5) is 13.2 Å². The molecule has 0 spiro atoms. The quantitative estimate of drug-likeness (QED) is 0.555. The first kappa shape index (κ1) is 23.7. The van der Waals surface area contributed by atoms with E-state index in [0.29, 0.717) is 4.88 Å². The lowest BCUT2D eigenvalue weighted by Crippen LogP contribution is -2.51. The average Bonchev–Trinajstić information content (AvgIpc) is 3.22. The Bertz CT molecular complexity index is 841.